The van der Waals surface area contributed by atoms with Crippen LogP contribution in [0.2, 0.25) is 0 Å². The van der Waals surface area contributed by atoms with Crippen LogP contribution >= 0.6 is 0 Å². The van der Waals surface area contributed by atoms with Crippen molar-refractivity contribution < 1.29 is 23.7 Å². The van der Waals surface area contributed by atoms with Gasteiger partial charge in [-0.25, -0.2) is 0 Å². The quantitative estimate of drug-likeness (QED) is 0.766. The van der Waals surface area contributed by atoms with Gasteiger partial charge >= 0.3 is 0 Å². The molecule has 0 aliphatic rings. The van der Waals surface area contributed by atoms with E-state index in [0.717, 1.165) is 5.56 Å². The molecule has 0 aliphatic carbocycles. The lowest BCUT2D eigenvalue weighted by Crippen LogP contribution is -2.09. The third-order valence-corrected chi connectivity index (χ3v) is 3.76. The van der Waals surface area contributed by atoms with Gasteiger partial charge in [0.1, 0.15) is 5.75 Å². The average molecular weight is 357 g/mol. The molecule has 0 atom stereocenters. The summed E-state index contributed by atoms with van der Waals surface area (Å²) in [4.78, 5) is 12.3. The van der Waals surface area contributed by atoms with Crippen molar-refractivity contribution in [1.82, 2.24) is 0 Å². The first-order chi connectivity index (χ1) is 12.5. The van der Waals surface area contributed by atoms with Crippen LogP contribution in [0.5, 0.6) is 23.0 Å². The number of aryl methyl sites for hydroxylation is 1. The van der Waals surface area contributed by atoms with E-state index < -0.39 is 0 Å². The maximum Gasteiger partial charge on any atom is 0.248 e. The van der Waals surface area contributed by atoms with Crippen molar-refractivity contribution in [3.63, 3.8) is 0 Å². The molecule has 26 heavy (non-hydrogen) atoms. The molecular formula is C20H23NO5. The van der Waals surface area contributed by atoms with Gasteiger partial charge in [-0.2, -0.15) is 0 Å². The Labute approximate surface area is 153 Å². The minimum atomic E-state index is -0.286. The predicted octanol–water partition coefficient (Wildman–Crippen LogP) is 3.68. The van der Waals surface area contributed by atoms with E-state index in [-0.39, 0.29) is 5.91 Å². The standard InChI is InChI=1S/C20H23NO5/c1-13-6-9-16(23-2)15(12-13)21-18(22)11-8-14-7-10-17(24-3)20(26-5)19(14)25-4/h6-12H,1-5H3,(H,21,22)/b11-8+. The number of hydrogen-bond donors (Lipinski definition) is 1. The van der Waals surface area contributed by atoms with Crippen molar-refractivity contribution in [2.24, 2.45) is 0 Å². The molecule has 1 amide bonds. The summed E-state index contributed by atoms with van der Waals surface area (Å²) in [5.74, 6) is 1.82. The van der Waals surface area contributed by atoms with Crippen LogP contribution in [0, 0.1) is 6.92 Å². The Morgan fingerprint density at radius 1 is 0.885 bits per heavy atom. The minimum Gasteiger partial charge on any atom is -0.495 e. The van der Waals surface area contributed by atoms with Crippen LogP contribution in [0.1, 0.15) is 11.1 Å². The number of benzene rings is 2. The van der Waals surface area contributed by atoms with E-state index in [1.54, 1.807) is 32.4 Å². The lowest BCUT2D eigenvalue weighted by atomic mass is 10.1. The van der Waals surface area contributed by atoms with Gasteiger partial charge in [-0.15, -0.1) is 0 Å². The van der Waals surface area contributed by atoms with Crippen LogP contribution < -0.4 is 24.3 Å². The number of nitrogens with one attached hydrogen (secondary N) is 1. The summed E-state index contributed by atoms with van der Waals surface area (Å²) in [5, 5.41) is 2.81. The number of hydrogen-bond acceptors (Lipinski definition) is 5. The second-order valence-corrected chi connectivity index (χ2v) is 5.45. The molecule has 2 aromatic carbocycles. The number of ether oxygens (including phenoxy) is 4. The highest BCUT2D eigenvalue weighted by molar-refractivity contribution is 6.03. The third-order valence-electron chi connectivity index (χ3n) is 3.76. The van der Waals surface area contributed by atoms with Gasteiger partial charge in [-0.05, 0) is 42.8 Å². The second kappa shape index (κ2) is 8.80. The van der Waals surface area contributed by atoms with Crippen LogP contribution in [0.4, 0.5) is 5.69 Å². The van der Waals surface area contributed by atoms with Gasteiger partial charge in [0.05, 0.1) is 34.1 Å². The summed E-state index contributed by atoms with van der Waals surface area (Å²) in [6.07, 6.45) is 3.07. The van der Waals surface area contributed by atoms with Crippen LogP contribution in [-0.2, 0) is 4.79 Å². The first-order valence-corrected chi connectivity index (χ1v) is 7.96. The highest BCUT2D eigenvalue weighted by Crippen LogP contribution is 2.40. The number of carbonyl (C=O) groups excluding carboxylic acids is 1. The number of amides is 1. The SMILES string of the molecule is COc1ccc(C)cc1NC(=O)/C=C/c1ccc(OC)c(OC)c1OC. The fourth-order valence-electron chi connectivity index (χ4n) is 2.52. The van der Waals surface area contributed by atoms with E-state index >= 15 is 0 Å². The maximum atomic E-state index is 12.3. The lowest BCUT2D eigenvalue weighted by molar-refractivity contribution is -0.111. The highest BCUT2D eigenvalue weighted by Gasteiger charge is 2.14. The molecular weight excluding hydrogens is 334 g/mol. The summed E-state index contributed by atoms with van der Waals surface area (Å²) in [6, 6.07) is 9.12. The molecule has 0 heterocycles. The fraction of sp³-hybridized carbons (Fsp3) is 0.250. The molecule has 0 fully saturated rings. The highest BCUT2D eigenvalue weighted by atomic mass is 16.5. The Balaban J connectivity index is 2.24. The number of methoxy groups -OCH3 is 4. The topological polar surface area (TPSA) is 66.0 Å². The lowest BCUT2D eigenvalue weighted by Gasteiger charge is -2.14. The van der Waals surface area contributed by atoms with Crippen molar-refractivity contribution in [3.05, 3.63) is 47.5 Å². The molecule has 138 valence electrons. The Hall–Kier alpha value is -3.15. The zero-order valence-electron chi connectivity index (χ0n) is 15.6. The van der Waals surface area contributed by atoms with Crippen LogP contribution in [-0.4, -0.2) is 34.3 Å². The van der Waals surface area contributed by atoms with Gasteiger partial charge in [0.15, 0.2) is 11.5 Å². The van der Waals surface area contributed by atoms with E-state index in [4.69, 9.17) is 18.9 Å². The number of rotatable bonds is 7. The molecule has 1 N–H and O–H groups in total. The van der Waals surface area contributed by atoms with E-state index in [1.165, 1.54) is 20.3 Å². The molecule has 6 heteroatoms. The van der Waals surface area contributed by atoms with Gasteiger partial charge in [0.2, 0.25) is 11.7 Å². The first-order valence-electron chi connectivity index (χ1n) is 7.96. The second-order valence-electron chi connectivity index (χ2n) is 5.45. The Morgan fingerprint density at radius 2 is 1.54 bits per heavy atom. The zero-order chi connectivity index (χ0) is 19.1. The van der Waals surface area contributed by atoms with Crippen molar-refractivity contribution in [3.8, 4) is 23.0 Å². The molecule has 0 aromatic heterocycles. The molecule has 0 unspecified atom stereocenters. The summed E-state index contributed by atoms with van der Waals surface area (Å²) in [5.41, 5.74) is 2.32. The molecule has 2 rings (SSSR count). The van der Waals surface area contributed by atoms with Crippen LogP contribution in [0.3, 0.4) is 0 Å². The Morgan fingerprint density at radius 3 is 2.15 bits per heavy atom. The van der Waals surface area contributed by atoms with Gasteiger partial charge in [0, 0.05) is 11.6 Å². The van der Waals surface area contributed by atoms with Gasteiger partial charge in [-0.1, -0.05) is 6.07 Å². The summed E-state index contributed by atoms with van der Waals surface area (Å²) < 4.78 is 21.3. The molecule has 0 radical (unpaired) electrons. The normalized spacial score (nSPS) is 10.5. The smallest absolute Gasteiger partial charge is 0.248 e. The molecule has 0 aliphatic heterocycles. The van der Waals surface area contributed by atoms with Crippen molar-refractivity contribution >= 4 is 17.7 Å². The Bertz CT molecular complexity index is 814. The Kier molecular flexibility index (Phi) is 6.49. The van der Waals surface area contributed by atoms with Crippen molar-refractivity contribution in [1.29, 1.82) is 0 Å². The first kappa shape index (κ1) is 19.2. The summed E-state index contributed by atoms with van der Waals surface area (Å²) in [7, 11) is 6.18. The third kappa shape index (κ3) is 4.27. The van der Waals surface area contributed by atoms with E-state index in [9.17, 15) is 4.79 Å². The minimum absolute atomic E-state index is 0.286. The maximum absolute atomic E-state index is 12.3. The monoisotopic (exact) mass is 357 g/mol. The van der Waals surface area contributed by atoms with Crippen molar-refractivity contribution in [2.75, 3.05) is 33.8 Å². The molecule has 0 saturated carbocycles. The zero-order valence-corrected chi connectivity index (χ0v) is 15.6. The molecule has 0 bridgehead atoms. The van der Waals surface area contributed by atoms with Gasteiger partial charge in [0.25, 0.3) is 0 Å². The number of anilines is 1. The molecule has 0 saturated heterocycles. The van der Waals surface area contributed by atoms with Crippen LogP contribution in [0.25, 0.3) is 6.08 Å². The van der Waals surface area contributed by atoms with E-state index in [2.05, 4.69) is 5.32 Å². The number of carbonyl (C=O) groups is 1. The van der Waals surface area contributed by atoms with E-state index in [1.807, 2.05) is 25.1 Å². The average Bonchev–Trinajstić information content (AvgIpc) is 2.65. The predicted molar refractivity (Wildman–Crippen MR) is 101 cm³/mol. The van der Waals surface area contributed by atoms with Crippen molar-refractivity contribution in [2.45, 2.75) is 6.92 Å². The van der Waals surface area contributed by atoms with Crippen LogP contribution in [0.15, 0.2) is 36.4 Å². The largest absolute Gasteiger partial charge is 0.495 e. The molecule has 6 nitrogen and oxygen atoms in total. The summed E-state index contributed by atoms with van der Waals surface area (Å²) >= 11 is 0. The fourth-order valence-corrected chi connectivity index (χ4v) is 2.52. The van der Waals surface area contributed by atoms with E-state index in [0.29, 0.717) is 34.2 Å². The van der Waals surface area contributed by atoms with Gasteiger partial charge < -0.3 is 24.3 Å². The molecule has 2 aromatic rings. The van der Waals surface area contributed by atoms with Gasteiger partial charge in [-0.3, -0.25) is 4.79 Å². The molecule has 0 spiro atoms. The summed E-state index contributed by atoms with van der Waals surface area (Å²) in [6.45, 7) is 1.94.